The van der Waals surface area contributed by atoms with Gasteiger partial charge in [0.25, 0.3) is 0 Å². The van der Waals surface area contributed by atoms with Gasteiger partial charge in [0.2, 0.25) is 0 Å². The number of terminal acetylenes is 1. The quantitative estimate of drug-likeness (QED) is 0.510. The standard InChI is InChI=1S/C7H8F3NO2/c1-4-6(2,3)13-5(12)11-7(8,9)10/h1H,2-3H3,(H,11,12). The minimum Gasteiger partial charge on any atom is -0.430 e. The Balaban J connectivity index is 4.13. The molecule has 0 aromatic carbocycles. The fraction of sp³-hybridized carbons (Fsp3) is 0.571. The molecule has 1 amide bonds. The third-order valence-electron chi connectivity index (χ3n) is 0.939. The van der Waals surface area contributed by atoms with E-state index in [4.69, 9.17) is 6.42 Å². The molecule has 0 aromatic heterocycles. The van der Waals surface area contributed by atoms with Crippen LogP contribution in [0, 0.1) is 12.3 Å². The summed E-state index contributed by atoms with van der Waals surface area (Å²) in [4.78, 5) is 10.5. The van der Waals surface area contributed by atoms with Gasteiger partial charge in [0.15, 0.2) is 5.60 Å². The van der Waals surface area contributed by atoms with Gasteiger partial charge in [-0.1, -0.05) is 5.92 Å². The number of carbonyl (C=O) groups excluding carboxylic acids is 1. The fourth-order valence-electron chi connectivity index (χ4n) is 0.402. The highest BCUT2D eigenvalue weighted by Gasteiger charge is 2.33. The van der Waals surface area contributed by atoms with Crippen LogP contribution in [0.5, 0.6) is 0 Å². The molecular formula is C7H8F3NO2. The Bertz CT molecular complexity index is 239. The minimum atomic E-state index is -4.80. The third kappa shape index (κ3) is 5.84. The monoisotopic (exact) mass is 195 g/mol. The van der Waals surface area contributed by atoms with Crippen LogP contribution < -0.4 is 5.32 Å². The molecule has 74 valence electrons. The van der Waals surface area contributed by atoms with Crippen molar-refractivity contribution >= 4 is 6.09 Å². The first-order valence-electron chi connectivity index (χ1n) is 3.22. The molecule has 0 unspecified atom stereocenters. The number of hydrogen-bond donors (Lipinski definition) is 1. The summed E-state index contributed by atoms with van der Waals surface area (Å²) in [5.41, 5.74) is -1.35. The number of halogens is 3. The van der Waals surface area contributed by atoms with Crippen molar-refractivity contribution in [2.24, 2.45) is 0 Å². The van der Waals surface area contributed by atoms with Crippen molar-refractivity contribution in [2.75, 3.05) is 0 Å². The average Bonchev–Trinajstić information content (AvgIpc) is 1.81. The fourth-order valence-corrected chi connectivity index (χ4v) is 0.402. The summed E-state index contributed by atoms with van der Waals surface area (Å²) in [5.74, 6) is 2.01. The summed E-state index contributed by atoms with van der Waals surface area (Å²) < 4.78 is 38.8. The van der Waals surface area contributed by atoms with Crippen LogP contribution in [0.25, 0.3) is 0 Å². The van der Waals surface area contributed by atoms with E-state index in [0.29, 0.717) is 5.32 Å². The van der Waals surface area contributed by atoms with Crippen LogP contribution in [-0.2, 0) is 4.74 Å². The average molecular weight is 195 g/mol. The summed E-state index contributed by atoms with van der Waals surface area (Å²) in [6.45, 7) is 2.59. The molecule has 6 heteroatoms. The molecule has 0 aliphatic carbocycles. The predicted octanol–water partition coefficient (Wildman–Crippen LogP) is 1.64. The van der Waals surface area contributed by atoms with E-state index in [-0.39, 0.29) is 0 Å². The zero-order valence-corrected chi connectivity index (χ0v) is 7.03. The SMILES string of the molecule is C#CC(C)(C)OC(=O)NC(F)(F)F. The smallest absolute Gasteiger partial charge is 0.430 e. The minimum absolute atomic E-state index is 0.653. The number of ether oxygens (including phenoxy) is 1. The lowest BCUT2D eigenvalue weighted by atomic mass is 10.2. The Kier molecular flexibility index (Phi) is 3.18. The van der Waals surface area contributed by atoms with Crippen molar-refractivity contribution in [3.05, 3.63) is 0 Å². The van der Waals surface area contributed by atoms with E-state index >= 15 is 0 Å². The highest BCUT2D eigenvalue weighted by molar-refractivity contribution is 5.68. The highest BCUT2D eigenvalue weighted by atomic mass is 19.4. The maximum atomic E-state index is 11.5. The molecule has 0 atom stereocenters. The van der Waals surface area contributed by atoms with E-state index in [1.165, 1.54) is 13.8 Å². The molecular weight excluding hydrogens is 187 g/mol. The number of hydrogen-bond acceptors (Lipinski definition) is 2. The van der Waals surface area contributed by atoms with Gasteiger partial charge in [-0.15, -0.1) is 6.42 Å². The van der Waals surface area contributed by atoms with Crippen LogP contribution in [-0.4, -0.2) is 18.0 Å². The third-order valence-corrected chi connectivity index (χ3v) is 0.939. The first-order chi connectivity index (χ1) is 5.66. The van der Waals surface area contributed by atoms with Gasteiger partial charge in [0, 0.05) is 0 Å². The van der Waals surface area contributed by atoms with Gasteiger partial charge in [-0.2, -0.15) is 13.2 Å². The Morgan fingerprint density at radius 3 is 2.23 bits per heavy atom. The number of amides is 1. The maximum absolute atomic E-state index is 11.5. The molecule has 0 rings (SSSR count). The Labute approximate surface area is 73.2 Å². The van der Waals surface area contributed by atoms with Crippen molar-refractivity contribution in [1.29, 1.82) is 0 Å². The van der Waals surface area contributed by atoms with Gasteiger partial charge in [-0.05, 0) is 13.8 Å². The van der Waals surface area contributed by atoms with E-state index in [0.717, 1.165) is 0 Å². The number of alkyl carbamates (subject to hydrolysis) is 1. The molecule has 0 spiro atoms. The maximum Gasteiger partial charge on any atom is 0.487 e. The lowest BCUT2D eigenvalue weighted by Gasteiger charge is -2.19. The van der Waals surface area contributed by atoms with Crippen LogP contribution >= 0.6 is 0 Å². The summed E-state index contributed by atoms with van der Waals surface area (Å²) >= 11 is 0. The van der Waals surface area contributed by atoms with Crippen LogP contribution in [0.1, 0.15) is 13.8 Å². The zero-order valence-electron chi connectivity index (χ0n) is 7.03. The summed E-state index contributed by atoms with van der Waals surface area (Å²) in [5, 5.41) is 0.653. The molecule has 0 saturated heterocycles. The Hall–Kier alpha value is -1.38. The number of alkyl halides is 3. The molecule has 0 aliphatic heterocycles. The van der Waals surface area contributed by atoms with Crippen molar-refractivity contribution in [2.45, 2.75) is 25.7 Å². The Morgan fingerprint density at radius 1 is 1.46 bits per heavy atom. The number of nitrogens with one attached hydrogen (secondary N) is 1. The van der Waals surface area contributed by atoms with Gasteiger partial charge >= 0.3 is 12.4 Å². The van der Waals surface area contributed by atoms with Gasteiger partial charge in [-0.3, -0.25) is 0 Å². The van der Waals surface area contributed by atoms with E-state index in [9.17, 15) is 18.0 Å². The summed E-state index contributed by atoms with van der Waals surface area (Å²) in [6.07, 6.45) is -1.54. The molecule has 0 fully saturated rings. The van der Waals surface area contributed by atoms with Crippen molar-refractivity contribution in [3.8, 4) is 12.3 Å². The van der Waals surface area contributed by atoms with E-state index in [1.54, 1.807) is 0 Å². The molecule has 0 bridgehead atoms. The van der Waals surface area contributed by atoms with Gasteiger partial charge in [0.1, 0.15) is 0 Å². The molecule has 0 heterocycles. The lowest BCUT2D eigenvalue weighted by Crippen LogP contribution is -2.41. The van der Waals surface area contributed by atoms with Gasteiger partial charge in [-0.25, -0.2) is 10.1 Å². The van der Waals surface area contributed by atoms with Crippen LogP contribution in [0.3, 0.4) is 0 Å². The molecule has 3 nitrogen and oxygen atoms in total. The molecule has 13 heavy (non-hydrogen) atoms. The summed E-state index contributed by atoms with van der Waals surface area (Å²) in [7, 11) is 0. The van der Waals surface area contributed by atoms with Crippen LogP contribution in [0.4, 0.5) is 18.0 Å². The molecule has 0 saturated carbocycles. The van der Waals surface area contributed by atoms with Crippen molar-refractivity contribution in [1.82, 2.24) is 5.32 Å². The molecule has 0 radical (unpaired) electrons. The second-order valence-corrected chi connectivity index (χ2v) is 2.67. The first-order valence-corrected chi connectivity index (χ1v) is 3.22. The normalized spacial score (nSPS) is 11.7. The van der Waals surface area contributed by atoms with Gasteiger partial charge in [0.05, 0.1) is 0 Å². The number of rotatable bonds is 1. The van der Waals surface area contributed by atoms with Gasteiger partial charge < -0.3 is 4.74 Å². The number of carbonyl (C=O) groups is 1. The van der Waals surface area contributed by atoms with E-state index < -0.39 is 18.0 Å². The van der Waals surface area contributed by atoms with Crippen LogP contribution in [0.2, 0.25) is 0 Å². The second kappa shape index (κ2) is 3.56. The van der Waals surface area contributed by atoms with Crippen LogP contribution in [0.15, 0.2) is 0 Å². The molecule has 0 aromatic rings. The Morgan fingerprint density at radius 2 is 1.92 bits per heavy atom. The molecule has 1 N–H and O–H groups in total. The van der Waals surface area contributed by atoms with E-state index in [2.05, 4.69) is 4.74 Å². The second-order valence-electron chi connectivity index (χ2n) is 2.67. The lowest BCUT2D eigenvalue weighted by molar-refractivity contribution is -0.151. The van der Waals surface area contributed by atoms with Crippen molar-refractivity contribution < 1.29 is 22.7 Å². The zero-order chi connectivity index (χ0) is 10.7. The first kappa shape index (κ1) is 11.6. The molecule has 0 aliphatic rings. The largest absolute Gasteiger partial charge is 0.487 e. The predicted molar refractivity (Wildman–Crippen MR) is 38.6 cm³/mol. The topological polar surface area (TPSA) is 38.3 Å². The highest BCUT2D eigenvalue weighted by Crippen LogP contribution is 2.12. The van der Waals surface area contributed by atoms with E-state index in [1.807, 2.05) is 5.92 Å². The summed E-state index contributed by atoms with van der Waals surface area (Å²) in [6, 6.07) is 0. The van der Waals surface area contributed by atoms with Crippen molar-refractivity contribution in [3.63, 3.8) is 0 Å².